The van der Waals surface area contributed by atoms with Gasteiger partial charge in [-0.2, -0.15) is 15.4 Å². The van der Waals surface area contributed by atoms with Gasteiger partial charge in [0.2, 0.25) is 11.8 Å². The number of halogens is 1. The highest BCUT2D eigenvalue weighted by molar-refractivity contribution is 5.87. The number of aromatic nitrogens is 3. The molecule has 0 unspecified atom stereocenters. The van der Waals surface area contributed by atoms with E-state index in [9.17, 15) is 9.65 Å². The van der Waals surface area contributed by atoms with Gasteiger partial charge in [0.25, 0.3) is 0 Å². The molecule has 0 saturated heterocycles. The summed E-state index contributed by atoms with van der Waals surface area (Å²) in [6.45, 7) is 3.63. The van der Waals surface area contributed by atoms with Crippen molar-refractivity contribution in [1.82, 2.24) is 14.6 Å². The zero-order chi connectivity index (χ0) is 21.7. The Kier molecular flexibility index (Phi) is 6.11. The first-order valence-corrected chi connectivity index (χ1v) is 9.32. The highest BCUT2D eigenvalue weighted by atomic mass is 19.1. The van der Waals surface area contributed by atoms with E-state index in [1.165, 1.54) is 7.11 Å². The summed E-state index contributed by atoms with van der Waals surface area (Å²) in [6.07, 6.45) is 1.78. The van der Waals surface area contributed by atoms with Crippen LogP contribution in [0.2, 0.25) is 0 Å². The monoisotopic (exact) mass is 410 g/mol. The van der Waals surface area contributed by atoms with Gasteiger partial charge in [-0.15, -0.1) is 5.10 Å². The molecule has 3 N–H and O–H groups in total. The summed E-state index contributed by atoms with van der Waals surface area (Å²) < 4.78 is 19.7. The lowest BCUT2D eigenvalue weighted by Crippen LogP contribution is -2.22. The van der Waals surface area contributed by atoms with Crippen molar-refractivity contribution in [2.45, 2.75) is 13.8 Å². The second-order valence-corrected chi connectivity index (χ2v) is 7.28. The molecule has 2 aromatic heterocycles. The van der Waals surface area contributed by atoms with Crippen molar-refractivity contribution in [3.05, 3.63) is 30.5 Å². The van der Waals surface area contributed by atoms with E-state index in [1.54, 1.807) is 22.8 Å². The zero-order valence-electron chi connectivity index (χ0n) is 17.0. The lowest BCUT2D eigenvalue weighted by Gasteiger charge is -2.16. The maximum atomic E-state index is 12.6. The van der Waals surface area contributed by atoms with E-state index in [0.29, 0.717) is 35.3 Å². The second-order valence-electron chi connectivity index (χ2n) is 7.28. The van der Waals surface area contributed by atoms with Crippen LogP contribution in [-0.2, 0) is 0 Å². The van der Waals surface area contributed by atoms with Crippen molar-refractivity contribution in [2.75, 3.05) is 37.5 Å². The van der Waals surface area contributed by atoms with Crippen LogP contribution in [0.5, 0.6) is 5.88 Å². The second kappa shape index (κ2) is 8.73. The maximum Gasteiger partial charge on any atom is 0.244 e. The SMILES string of the molecule is COc1nc(NCC(C)(C)C#N)nn2ccc(-c3ccc(N=N)c(NCCF)c3)c12. The lowest BCUT2D eigenvalue weighted by molar-refractivity contribution is 0.399. The van der Waals surface area contributed by atoms with Crippen LogP contribution in [-0.4, -0.2) is 41.5 Å². The molecular formula is C20H23FN8O. The molecule has 10 heteroatoms. The Morgan fingerprint density at radius 1 is 1.33 bits per heavy atom. The molecule has 0 bridgehead atoms. The molecule has 0 spiro atoms. The summed E-state index contributed by atoms with van der Waals surface area (Å²) in [5.41, 5.74) is 10.0. The van der Waals surface area contributed by atoms with E-state index in [-0.39, 0.29) is 6.54 Å². The first kappa shape index (κ1) is 21.0. The van der Waals surface area contributed by atoms with Crippen LogP contribution in [0, 0.1) is 22.3 Å². The number of benzene rings is 1. The number of nitrogens with one attached hydrogen (secondary N) is 3. The fourth-order valence-corrected chi connectivity index (χ4v) is 2.91. The van der Waals surface area contributed by atoms with Crippen LogP contribution in [0.3, 0.4) is 0 Å². The van der Waals surface area contributed by atoms with Crippen molar-refractivity contribution in [3.63, 3.8) is 0 Å². The summed E-state index contributed by atoms with van der Waals surface area (Å²) in [5.74, 6) is 0.716. The molecule has 156 valence electrons. The Balaban J connectivity index is 2.02. The van der Waals surface area contributed by atoms with Gasteiger partial charge in [0, 0.05) is 24.8 Å². The van der Waals surface area contributed by atoms with Crippen molar-refractivity contribution in [3.8, 4) is 23.1 Å². The number of methoxy groups -OCH3 is 1. The minimum atomic E-state index is -0.568. The summed E-state index contributed by atoms with van der Waals surface area (Å²) in [7, 11) is 1.53. The molecule has 3 aromatic rings. The maximum absolute atomic E-state index is 12.6. The van der Waals surface area contributed by atoms with E-state index in [0.717, 1.165) is 11.1 Å². The van der Waals surface area contributed by atoms with Crippen LogP contribution in [0.25, 0.3) is 16.6 Å². The predicted octanol–water partition coefficient (Wildman–Crippen LogP) is 4.41. The molecule has 0 amide bonds. The van der Waals surface area contributed by atoms with E-state index in [1.807, 2.05) is 26.0 Å². The molecule has 3 rings (SSSR count). The van der Waals surface area contributed by atoms with Crippen molar-refractivity contribution in [1.29, 1.82) is 10.8 Å². The summed E-state index contributed by atoms with van der Waals surface area (Å²) in [6, 6.07) is 9.42. The molecule has 30 heavy (non-hydrogen) atoms. The van der Waals surface area contributed by atoms with Gasteiger partial charge < -0.3 is 15.4 Å². The molecule has 0 radical (unpaired) electrons. The van der Waals surface area contributed by atoms with Crippen molar-refractivity contribution < 1.29 is 9.13 Å². The molecule has 9 nitrogen and oxygen atoms in total. The van der Waals surface area contributed by atoms with Crippen molar-refractivity contribution in [2.24, 2.45) is 10.5 Å². The highest BCUT2D eigenvalue weighted by Crippen LogP contribution is 2.35. The molecular weight excluding hydrogens is 387 g/mol. The number of hydrogen-bond donors (Lipinski definition) is 3. The number of hydrogen-bond acceptors (Lipinski definition) is 8. The first-order chi connectivity index (χ1) is 14.4. The average Bonchev–Trinajstić information content (AvgIpc) is 3.19. The number of nitriles is 1. The number of nitrogens with zero attached hydrogens (tertiary/aromatic N) is 5. The predicted molar refractivity (Wildman–Crippen MR) is 112 cm³/mol. The largest absolute Gasteiger partial charge is 0.479 e. The van der Waals surface area contributed by atoms with Gasteiger partial charge in [0.15, 0.2) is 0 Å². The molecule has 0 fully saturated rings. The molecule has 0 aliphatic carbocycles. The summed E-state index contributed by atoms with van der Waals surface area (Å²) in [5, 5.41) is 23.1. The zero-order valence-corrected chi connectivity index (χ0v) is 17.0. The van der Waals surface area contributed by atoms with Gasteiger partial charge in [-0.1, -0.05) is 6.07 Å². The van der Waals surface area contributed by atoms with E-state index in [4.69, 9.17) is 10.3 Å². The smallest absolute Gasteiger partial charge is 0.244 e. The quantitative estimate of drug-likeness (QED) is 0.449. The highest BCUT2D eigenvalue weighted by Gasteiger charge is 2.19. The number of fused-ring (bicyclic) bond motifs is 1. The third-order valence-electron chi connectivity index (χ3n) is 4.50. The standard InChI is InChI=1S/C20H23FN8O/c1-20(2,11-22)12-25-19-26-18(30-3)17-14(6-9-29(17)28-19)13-4-5-15(27-23)16(10-13)24-8-7-21/h4-6,9-10,23-24H,7-8,12H2,1-3H3,(H,25,28). The van der Waals surface area contributed by atoms with Crippen LogP contribution < -0.4 is 15.4 Å². The van der Waals surface area contributed by atoms with Crippen LogP contribution >= 0.6 is 0 Å². The fourth-order valence-electron chi connectivity index (χ4n) is 2.91. The molecule has 1 aromatic carbocycles. The Morgan fingerprint density at radius 2 is 2.13 bits per heavy atom. The van der Waals surface area contributed by atoms with Gasteiger partial charge in [-0.3, -0.25) is 0 Å². The van der Waals surface area contributed by atoms with Crippen LogP contribution in [0.4, 0.5) is 21.7 Å². The van der Waals surface area contributed by atoms with Gasteiger partial charge in [0.1, 0.15) is 17.9 Å². The average molecular weight is 410 g/mol. The molecule has 0 atom stereocenters. The first-order valence-electron chi connectivity index (χ1n) is 9.32. The third-order valence-corrected chi connectivity index (χ3v) is 4.50. The van der Waals surface area contributed by atoms with Crippen LogP contribution in [0.1, 0.15) is 13.8 Å². The lowest BCUT2D eigenvalue weighted by atomic mass is 9.96. The molecule has 0 saturated carbocycles. The van der Waals surface area contributed by atoms with Gasteiger partial charge >= 0.3 is 0 Å². The molecule has 0 aliphatic rings. The third kappa shape index (κ3) is 4.30. The number of anilines is 2. The number of ether oxygens (including phenoxy) is 1. The Hall–Kier alpha value is -3.74. The number of alkyl halides is 1. The normalized spacial score (nSPS) is 11.2. The minimum Gasteiger partial charge on any atom is -0.479 e. The summed E-state index contributed by atoms with van der Waals surface area (Å²) in [4.78, 5) is 4.43. The van der Waals surface area contributed by atoms with Gasteiger partial charge in [-0.05, 0) is 37.6 Å². The Labute approximate surface area is 173 Å². The van der Waals surface area contributed by atoms with Gasteiger partial charge in [-0.25, -0.2) is 14.4 Å². The molecule has 2 heterocycles. The number of rotatable bonds is 9. The van der Waals surface area contributed by atoms with Crippen LogP contribution in [0.15, 0.2) is 35.6 Å². The van der Waals surface area contributed by atoms with Gasteiger partial charge in [0.05, 0.1) is 24.3 Å². The van der Waals surface area contributed by atoms with E-state index < -0.39 is 12.1 Å². The summed E-state index contributed by atoms with van der Waals surface area (Å²) >= 11 is 0. The van der Waals surface area contributed by atoms with Crippen molar-refractivity contribution >= 4 is 22.8 Å². The fraction of sp³-hybridized carbons (Fsp3) is 0.350. The topological polar surface area (TPSA) is 123 Å². The Morgan fingerprint density at radius 3 is 2.80 bits per heavy atom. The minimum absolute atomic E-state index is 0.128. The van der Waals surface area contributed by atoms with E-state index >= 15 is 0 Å². The molecule has 0 aliphatic heterocycles. The van der Waals surface area contributed by atoms with E-state index in [2.05, 4.69) is 31.9 Å². The Bertz CT molecular complexity index is 1100.